The third kappa shape index (κ3) is 3.19. The normalized spacial score (nSPS) is 15.6. The van der Waals surface area contributed by atoms with Gasteiger partial charge in [-0.2, -0.15) is 0 Å². The molecule has 1 aromatic heterocycles. The lowest BCUT2D eigenvalue weighted by molar-refractivity contribution is 0.0644. The van der Waals surface area contributed by atoms with Crippen molar-refractivity contribution in [3.8, 4) is 11.3 Å². The Kier molecular flexibility index (Phi) is 4.57. The van der Waals surface area contributed by atoms with Crippen molar-refractivity contribution in [3.63, 3.8) is 0 Å². The predicted molar refractivity (Wildman–Crippen MR) is 87.5 cm³/mol. The number of benzene rings is 1. The Morgan fingerprint density at radius 2 is 1.87 bits per heavy atom. The number of piperazine rings is 1. The van der Waals surface area contributed by atoms with Crippen LogP contribution in [-0.2, 0) is 0 Å². The van der Waals surface area contributed by atoms with Crippen molar-refractivity contribution >= 4 is 12.2 Å². The predicted octanol–water partition coefficient (Wildman–Crippen LogP) is 2.54. The van der Waals surface area contributed by atoms with Crippen molar-refractivity contribution in [2.24, 2.45) is 0 Å². The number of aldehydes is 1. The summed E-state index contributed by atoms with van der Waals surface area (Å²) in [6, 6.07) is 10.7. The van der Waals surface area contributed by atoms with Crippen LogP contribution in [0.3, 0.4) is 0 Å². The maximum absolute atomic E-state index is 12.9. The third-order valence-electron chi connectivity index (χ3n) is 4.27. The van der Waals surface area contributed by atoms with Gasteiger partial charge in [-0.1, -0.05) is 25.1 Å². The molecule has 1 aliphatic heterocycles. The highest BCUT2D eigenvalue weighted by Crippen LogP contribution is 2.26. The molecule has 1 amide bonds. The number of hydrogen-bond acceptors (Lipinski definition) is 4. The standard InChI is InChI=1S/C18H20N2O3/c1-2-19-9-11-20(12-10-19)18(22)16-6-4-3-5-15(16)17-8-7-14(13-21)23-17/h3-8,13H,2,9-12H2,1H3. The fourth-order valence-corrected chi connectivity index (χ4v) is 2.88. The second-order valence-electron chi connectivity index (χ2n) is 5.59. The van der Waals surface area contributed by atoms with Crippen LogP contribution in [0.5, 0.6) is 0 Å². The zero-order chi connectivity index (χ0) is 16.2. The van der Waals surface area contributed by atoms with Gasteiger partial charge in [-0.15, -0.1) is 0 Å². The molecule has 1 aliphatic rings. The van der Waals surface area contributed by atoms with Crippen LogP contribution in [0.25, 0.3) is 11.3 Å². The van der Waals surface area contributed by atoms with Crippen molar-refractivity contribution in [1.82, 2.24) is 9.80 Å². The zero-order valence-electron chi connectivity index (χ0n) is 13.2. The van der Waals surface area contributed by atoms with E-state index < -0.39 is 0 Å². The molecule has 0 N–H and O–H groups in total. The van der Waals surface area contributed by atoms with Crippen molar-refractivity contribution < 1.29 is 14.0 Å². The lowest BCUT2D eigenvalue weighted by atomic mass is 10.0. The van der Waals surface area contributed by atoms with E-state index in [1.165, 1.54) is 0 Å². The number of likely N-dealkylation sites (N-methyl/N-ethyl adjacent to an activating group) is 1. The summed E-state index contributed by atoms with van der Waals surface area (Å²) in [6.45, 7) is 6.42. The molecule has 0 atom stereocenters. The van der Waals surface area contributed by atoms with Crippen LogP contribution in [0, 0.1) is 0 Å². The maximum Gasteiger partial charge on any atom is 0.254 e. The monoisotopic (exact) mass is 312 g/mol. The molecule has 1 fully saturated rings. The quantitative estimate of drug-likeness (QED) is 0.814. The molecule has 0 bridgehead atoms. The Hall–Kier alpha value is -2.40. The zero-order valence-corrected chi connectivity index (χ0v) is 13.2. The molecular formula is C18H20N2O3. The van der Waals surface area contributed by atoms with Gasteiger partial charge in [0.2, 0.25) is 0 Å². The van der Waals surface area contributed by atoms with E-state index in [-0.39, 0.29) is 11.7 Å². The minimum Gasteiger partial charge on any atom is -0.453 e. The summed E-state index contributed by atoms with van der Waals surface area (Å²) >= 11 is 0. The number of furan rings is 1. The molecule has 0 radical (unpaired) electrons. The van der Waals surface area contributed by atoms with Gasteiger partial charge in [-0.3, -0.25) is 9.59 Å². The molecule has 0 spiro atoms. The lowest BCUT2D eigenvalue weighted by Crippen LogP contribution is -2.48. The van der Waals surface area contributed by atoms with E-state index in [0.717, 1.165) is 38.3 Å². The average Bonchev–Trinajstić information content (AvgIpc) is 3.10. The van der Waals surface area contributed by atoms with Gasteiger partial charge in [0.05, 0.1) is 5.56 Å². The van der Waals surface area contributed by atoms with E-state index in [2.05, 4.69) is 11.8 Å². The average molecular weight is 312 g/mol. The van der Waals surface area contributed by atoms with Crippen LogP contribution in [0.2, 0.25) is 0 Å². The SMILES string of the molecule is CCN1CCN(C(=O)c2ccccc2-c2ccc(C=O)o2)CC1. The van der Waals surface area contributed by atoms with Gasteiger partial charge in [-0.25, -0.2) is 0 Å². The molecule has 0 aliphatic carbocycles. The first kappa shape index (κ1) is 15.5. The van der Waals surface area contributed by atoms with Crippen molar-refractivity contribution in [2.75, 3.05) is 32.7 Å². The fraction of sp³-hybridized carbons (Fsp3) is 0.333. The number of amides is 1. The summed E-state index contributed by atoms with van der Waals surface area (Å²) < 4.78 is 5.48. The first-order valence-electron chi connectivity index (χ1n) is 7.89. The molecule has 1 aromatic carbocycles. The smallest absolute Gasteiger partial charge is 0.254 e. The molecule has 1 saturated heterocycles. The summed E-state index contributed by atoms with van der Waals surface area (Å²) in [5.74, 6) is 0.822. The van der Waals surface area contributed by atoms with Gasteiger partial charge in [0.15, 0.2) is 12.0 Å². The molecule has 0 unspecified atom stereocenters. The molecule has 2 heterocycles. The number of carbonyl (C=O) groups is 2. The Morgan fingerprint density at radius 1 is 1.13 bits per heavy atom. The van der Waals surface area contributed by atoms with E-state index in [4.69, 9.17) is 4.42 Å². The van der Waals surface area contributed by atoms with Crippen LogP contribution >= 0.6 is 0 Å². The second kappa shape index (κ2) is 6.79. The molecular weight excluding hydrogens is 292 g/mol. The maximum atomic E-state index is 12.9. The van der Waals surface area contributed by atoms with Crippen molar-refractivity contribution in [2.45, 2.75) is 6.92 Å². The van der Waals surface area contributed by atoms with Gasteiger partial charge < -0.3 is 14.2 Å². The minimum atomic E-state index is 0.0143. The highest BCUT2D eigenvalue weighted by atomic mass is 16.3. The van der Waals surface area contributed by atoms with Crippen LogP contribution in [0.4, 0.5) is 0 Å². The Balaban J connectivity index is 1.85. The fourth-order valence-electron chi connectivity index (χ4n) is 2.88. The molecule has 23 heavy (non-hydrogen) atoms. The van der Waals surface area contributed by atoms with Gasteiger partial charge >= 0.3 is 0 Å². The Labute approximate surface area is 135 Å². The summed E-state index contributed by atoms with van der Waals surface area (Å²) in [5, 5.41) is 0. The van der Waals surface area contributed by atoms with E-state index >= 15 is 0 Å². The topological polar surface area (TPSA) is 53.8 Å². The molecule has 5 heteroatoms. The highest BCUT2D eigenvalue weighted by molar-refractivity contribution is 6.00. The Morgan fingerprint density at radius 3 is 2.52 bits per heavy atom. The van der Waals surface area contributed by atoms with Crippen molar-refractivity contribution in [1.29, 1.82) is 0 Å². The summed E-state index contributed by atoms with van der Waals surface area (Å²) in [6.07, 6.45) is 0.665. The number of hydrogen-bond donors (Lipinski definition) is 0. The van der Waals surface area contributed by atoms with Crippen LogP contribution in [-0.4, -0.2) is 54.7 Å². The molecule has 5 nitrogen and oxygen atoms in total. The molecule has 3 rings (SSSR count). The van der Waals surface area contributed by atoms with E-state index in [1.54, 1.807) is 12.1 Å². The van der Waals surface area contributed by atoms with Gasteiger partial charge in [-0.05, 0) is 24.7 Å². The summed E-state index contributed by atoms with van der Waals surface area (Å²) in [4.78, 5) is 27.9. The first-order chi connectivity index (χ1) is 11.2. The summed E-state index contributed by atoms with van der Waals surface area (Å²) in [7, 11) is 0. The highest BCUT2D eigenvalue weighted by Gasteiger charge is 2.24. The van der Waals surface area contributed by atoms with Gasteiger partial charge in [0.25, 0.3) is 5.91 Å². The molecule has 120 valence electrons. The number of carbonyl (C=O) groups excluding carboxylic acids is 2. The van der Waals surface area contributed by atoms with E-state index in [0.29, 0.717) is 17.6 Å². The summed E-state index contributed by atoms with van der Waals surface area (Å²) in [5.41, 5.74) is 1.34. The van der Waals surface area contributed by atoms with Crippen LogP contribution < -0.4 is 0 Å². The van der Waals surface area contributed by atoms with Crippen LogP contribution in [0.1, 0.15) is 27.8 Å². The van der Waals surface area contributed by atoms with Crippen LogP contribution in [0.15, 0.2) is 40.8 Å². The first-order valence-corrected chi connectivity index (χ1v) is 7.89. The largest absolute Gasteiger partial charge is 0.453 e. The van der Waals surface area contributed by atoms with Gasteiger partial charge in [0.1, 0.15) is 5.76 Å². The number of rotatable bonds is 4. The lowest BCUT2D eigenvalue weighted by Gasteiger charge is -2.34. The minimum absolute atomic E-state index is 0.0143. The van der Waals surface area contributed by atoms with Gasteiger partial charge in [0, 0.05) is 31.7 Å². The third-order valence-corrected chi connectivity index (χ3v) is 4.27. The second-order valence-corrected chi connectivity index (χ2v) is 5.59. The van der Waals surface area contributed by atoms with Crippen molar-refractivity contribution in [3.05, 3.63) is 47.7 Å². The van der Waals surface area contributed by atoms with E-state index in [9.17, 15) is 9.59 Å². The van der Waals surface area contributed by atoms with E-state index in [1.807, 2.05) is 29.2 Å². The Bertz CT molecular complexity index is 700. The number of nitrogens with zero attached hydrogens (tertiary/aromatic N) is 2. The molecule has 0 saturated carbocycles. The molecule has 2 aromatic rings.